The predicted octanol–water partition coefficient (Wildman–Crippen LogP) is 5.24. The lowest BCUT2D eigenvalue weighted by atomic mass is 10.3. The molecule has 0 aliphatic heterocycles. The molecular weight excluding hydrogens is 378 g/mol. The lowest BCUT2D eigenvalue weighted by Gasteiger charge is -1.99. The van der Waals surface area contributed by atoms with E-state index in [0.717, 1.165) is 26.8 Å². The van der Waals surface area contributed by atoms with Gasteiger partial charge in [0.15, 0.2) is 5.13 Å². The van der Waals surface area contributed by atoms with E-state index in [2.05, 4.69) is 20.7 Å². The molecule has 4 aromatic heterocycles. The molecule has 8 heteroatoms. The molecule has 0 aliphatic carbocycles. The molecule has 4 aromatic rings. The van der Waals surface area contributed by atoms with Crippen LogP contribution in [0.4, 0.5) is 5.13 Å². The molecule has 4 rings (SSSR count). The first-order valence-corrected chi connectivity index (χ1v) is 10.6. The van der Waals surface area contributed by atoms with Crippen LogP contribution < -0.4 is 5.32 Å². The molecule has 4 heterocycles. The minimum Gasteiger partial charge on any atom is -0.302 e. The van der Waals surface area contributed by atoms with Gasteiger partial charge in [-0.15, -0.1) is 34.0 Å². The van der Waals surface area contributed by atoms with Gasteiger partial charge in [0.1, 0.15) is 5.01 Å². The van der Waals surface area contributed by atoms with Crippen LogP contribution >= 0.6 is 45.3 Å². The summed E-state index contributed by atoms with van der Waals surface area (Å²) < 4.78 is 0. The minimum atomic E-state index is -0.0933. The first kappa shape index (κ1) is 15.6. The highest BCUT2D eigenvalue weighted by Gasteiger charge is 2.12. The molecule has 0 fully saturated rings. The second-order valence-electron chi connectivity index (χ2n) is 4.90. The van der Waals surface area contributed by atoms with Crippen molar-refractivity contribution in [2.24, 2.45) is 0 Å². The van der Waals surface area contributed by atoms with Crippen molar-refractivity contribution < 1.29 is 4.79 Å². The number of nitrogens with one attached hydrogen (secondary N) is 1. The second-order valence-corrected chi connectivity index (χ2v) is 8.34. The molecular formula is C16H11N3OS4. The van der Waals surface area contributed by atoms with Crippen LogP contribution in [0.15, 0.2) is 45.1 Å². The lowest BCUT2D eigenvalue weighted by molar-refractivity contribution is -0.115. The number of carbonyl (C=O) groups is 1. The van der Waals surface area contributed by atoms with Crippen LogP contribution in [-0.2, 0) is 11.2 Å². The number of nitrogens with zero attached hydrogens (tertiary/aromatic N) is 2. The van der Waals surface area contributed by atoms with Crippen LogP contribution in [0.1, 0.15) is 5.69 Å². The highest BCUT2D eigenvalue weighted by molar-refractivity contribution is 7.16. The third kappa shape index (κ3) is 3.46. The van der Waals surface area contributed by atoms with Gasteiger partial charge in [0.2, 0.25) is 5.91 Å². The summed E-state index contributed by atoms with van der Waals surface area (Å²) in [6.07, 6.45) is 0.258. The van der Waals surface area contributed by atoms with E-state index in [4.69, 9.17) is 0 Å². The summed E-state index contributed by atoms with van der Waals surface area (Å²) in [5, 5.41) is 14.4. The standard InChI is InChI=1S/C16H11N3OS4/c20-14(6-11-8-23-15(17-11)10-3-5-21-7-10)19-16-18-12(9-24-16)13-2-1-4-22-13/h1-5,7-9H,6H2,(H,18,19,20). The molecule has 24 heavy (non-hydrogen) atoms. The largest absolute Gasteiger partial charge is 0.302 e. The van der Waals surface area contributed by atoms with Crippen molar-refractivity contribution in [3.63, 3.8) is 0 Å². The number of hydrogen-bond donors (Lipinski definition) is 1. The maximum atomic E-state index is 12.2. The normalized spacial score (nSPS) is 10.8. The minimum absolute atomic E-state index is 0.0933. The fourth-order valence-electron chi connectivity index (χ4n) is 2.10. The van der Waals surface area contributed by atoms with Crippen molar-refractivity contribution >= 4 is 56.4 Å². The fraction of sp³-hybridized carbons (Fsp3) is 0.0625. The van der Waals surface area contributed by atoms with E-state index in [9.17, 15) is 4.79 Å². The van der Waals surface area contributed by atoms with Crippen LogP contribution in [0, 0.1) is 0 Å². The molecule has 1 N–H and O–H groups in total. The molecule has 0 spiro atoms. The Morgan fingerprint density at radius 3 is 2.79 bits per heavy atom. The number of thiophene rings is 2. The zero-order valence-corrected chi connectivity index (χ0v) is 15.5. The maximum Gasteiger partial charge on any atom is 0.232 e. The highest BCUT2D eigenvalue weighted by atomic mass is 32.1. The van der Waals surface area contributed by atoms with Crippen molar-refractivity contribution in [1.82, 2.24) is 9.97 Å². The Hall–Kier alpha value is -1.87. The molecule has 120 valence electrons. The third-order valence-corrected chi connectivity index (χ3v) is 6.46. The van der Waals surface area contributed by atoms with Gasteiger partial charge in [-0.2, -0.15) is 11.3 Å². The van der Waals surface area contributed by atoms with Gasteiger partial charge < -0.3 is 5.32 Å². The van der Waals surface area contributed by atoms with E-state index in [0.29, 0.717) is 5.13 Å². The molecule has 1 amide bonds. The average molecular weight is 390 g/mol. The Morgan fingerprint density at radius 2 is 2.00 bits per heavy atom. The average Bonchev–Trinajstić information content (AvgIpc) is 3.35. The fourth-order valence-corrected chi connectivity index (χ4v) is 5.12. The van der Waals surface area contributed by atoms with Crippen LogP contribution in [0.2, 0.25) is 0 Å². The quantitative estimate of drug-likeness (QED) is 0.508. The lowest BCUT2D eigenvalue weighted by Crippen LogP contribution is -2.14. The molecule has 0 aromatic carbocycles. The SMILES string of the molecule is O=C(Cc1csc(-c2ccsc2)n1)Nc1nc(-c2cccs2)cs1. The van der Waals surface area contributed by atoms with Gasteiger partial charge in [-0.3, -0.25) is 4.79 Å². The summed E-state index contributed by atoms with van der Waals surface area (Å²) in [5.41, 5.74) is 2.80. The molecule has 0 saturated heterocycles. The summed E-state index contributed by atoms with van der Waals surface area (Å²) in [7, 11) is 0. The Morgan fingerprint density at radius 1 is 1.04 bits per heavy atom. The van der Waals surface area contributed by atoms with E-state index >= 15 is 0 Å². The van der Waals surface area contributed by atoms with E-state index in [1.54, 1.807) is 34.0 Å². The van der Waals surface area contributed by atoms with Gasteiger partial charge in [-0.1, -0.05) is 6.07 Å². The predicted molar refractivity (Wildman–Crippen MR) is 103 cm³/mol. The van der Waals surface area contributed by atoms with Crippen LogP contribution in [-0.4, -0.2) is 15.9 Å². The summed E-state index contributed by atoms with van der Waals surface area (Å²) >= 11 is 6.28. The van der Waals surface area contributed by atoms with Gasteiger partial charge in [0.05, 0.1) is 22.7 Å². The molecule has 0 bridgehead atoms. The van der Waals surface area contributed by atoms with Crippen molar-refractivity contribution in [2.45, 2.75) is 6.42 Å². The Kier molecular flexibility index (Phi) is 4.52. The van der Waals surface area contributed by atoms with E-state index in [-0.39, 0.29) is 12.3 Å². The van der Waals surface area contributed by atoms with E-state index in [1.807, 2.05) is 39.7 Å². The summed E-state index contributed by atoms with van der Waals surface area (Å²) in [6.45, 7) is 0. The molecule has 0 unspecified atom stereocenters. The van der Waals surface area contributed by atoms with Crippen LogP contribution in [0.3, 0.4) is 0 Å². The second kappa shape index (κ2) is 6.94. The van der Waals surface area contributed by atoms with Gasteiger partial charge in [0, 0.05) is 21.7 Å². The highest BCUT2D eigenvalue weighted by Crippen LogP contribution is 2.29. The third-order valence-electron chi connectivity index (χ3n) is 3.19. The number of anilines is 1. The van der Waals surface area contributed by atoms with Crippen molar-refractivity contribution in [3.05, 3.63) is 50.8 Å². The van der Waals surface area contributed by atoms with Gasteiger partial charge in [-0.05, 0) is 22.9 Å². The van der Waals surface area contributed by atoms with Gasteiger partial charge >= 0.3 is 0 Å². The first-order chi connectivity index (χ1) is 11.8. The molecule has 0 aliphatic rings. The number of hydrogen-bond acceptors (Lipinski definition) is 7. The number of amides is 1. The Labute approximate surface area is 154 Å². The zero-order valence-electron chi connectivity index (χ0n) is 12.3. The number of rotatable bonds is 5. The maximum absolute atomic E-state index is 12.2. The summed E-state index contributed by atoms with van der Waals surface area (Å²) in [6, 6.07) is 6.05. The Balaban J connectivity index is 1.40. The molecule has 4 nitrogen and oxygen atoms in total. The topological polar surface area (TPSA) is 54.9 Å². The smallest absolute Gasteiger partial charge is 0.232 e. The summed E-state index contributed by atoms with van der Waals surface area (Å²) in [5.74, 6) is -0.0933. The molecule has 0 radical (unpaired) electrons. The molecule has 0 atom stereocenters. The van der Waals surface area contributed by atoms with Gasteiger partial charge in [0.25, 0.3) is 0 Å². The number of thiazole rings is 2. The van der Waals surface area contributed by atoms with E-state index < -0.39 is 0 Å². The number of aromatic nitrogens is 2. The molecule has 0 saturated carbocycles. The zero-order chi connectivity index (χ0) is 16.4. The van der Waals surface area contributed by atoms with Gasteiger partial charge in [-0.25, -0.2) is 9.97 Å². The monoisotopic (exact) mass is 389 g/mol. The summed E-state index contributed by atoms with van der Waals surface area (Å²) in [4.78, 5) is 22.3. The van der Waals surface area contributed by atoms with Crippen LogP contribution in [0.25, 0.3) is 21.1 Å². The van der Waals surface area contributed by atoms with Crippen molar-refractivity contribution in [3.8, 4) is 21.1 Å². The number of carbonyl (C=O) groups excluding carboxylic acids is 1. The van der Waals surface area contributed by atoms with Crippen LogP contribution in [0.5, 0.6) is 0 Å². The Bertz CT molecular complexity index is 861. The van der Waals surface area contributed by atoms with Crippen molar-refractivity contribution in [1.29, 1.82) is 0 Å². The first-order valence-electron chi connectivity index (χ1n) is 7.04. The van der Waals surface area contributed by atoms with Crippen molar-refractivity contribution in [2.75, 3.05) is 5.32 Å². The van der Waals surface area contributed by atoms with E-state index in [1.165, 1.54) is 11.3 Å².